The predicted molar refractivity (Wildman–Crippen MR) is 133 cm³/mol. The van der Waals surface area contributed by atoms with E-state index in [0.29, 0.717) is 22.7 Å². The molecule has 180 valence electrons. The minimum atomic E-state index is -3.65. The van der Waals surface area contributed by atoms with Gasteiger partial charge in [0.1, 0.15) is 11.5 Å². The van der Waals surface area contributed by atoms with Crippen LogP contribution in [-0.4, -0.2) is 28.5 Å². The minimum Gasteiger partial charge on any atom is -0.497 e. The molecule has 7 nitrogen and oxygen atoms in total. The van der Waals surface area contributed by atoms with Gasteiger partial charge in [-0.2, -0.15) is 0 Å². The quantitative estimate of drug-likeness (QED) is 0.484. The summed E-state index contributed by atoms with van der Waals surface area (Å²) in [6.45, 7) is 6.34. The number of anilines is 1. The van der Waals surface area contributed by atoms with Crippen LogP contribution in [0.15, 0.2) is 71.6 Å². The summed E-state index contributed by atoms with van der Waals surface area (Å²) in [5.74, 6) is 0.788. The lowest BCUT2D eigenvalue weighted by molar-refractivity contribution is 0.102. The molecule has 0 unspecified atom stereocenters. The molecule has 34 heavy (non-hydrogen) atoms. The van der Waals surface area contributed by atoms with Crippen LogP contribution in [0, 0.1) is 0 Å². The largest absolute Gasteiger partial charge is 0.497 e. The number of hydrogen-bond donors (Lipinski definition) is 2. The number of sulfonamides is 1. The third-order valence-electron chi connectivity index (χ3n) is 5.37. The Labute approximate surface area is 201 Å². The molecule has 3 rings (SSSR count). The Balaban J connectivity index is 1.64. The van der Waals surface area contributed by atoms with Gasteiger partial charge in [0, 0.05) is 18.2 Å². The summed E-state index contributed by atoms with van der Waals surface area (Å²) in [7, 11) is -0.589. The van der Waals surface area contributed by atoms with Gasteiger partial charge in [0.05, 0.1) is 24.8 Å². The number of carbonyl (C=O) groups is 1. The first-order chi connectivity index (χ1) is 16.0. The number of carbonyl (C=O) groups excluding carboxylic acids is 1. The van der Waals surface area contributed by atoms with Crippen molar-refractivity contribution < 1.29 is 22.7 Å². The van der Waals surface area contributed by atoms with Crippen LogP contribution in [0.25, 0.3) is 0 Å². The maximum absolute atomic E-state index is 12.7. The van der Waals surface area contributed by atoms with Crippen LogP contribution in [-0.2, 0) is 22.0 Å². The summed E-state index contributed by atoms with van der Waals surface area (Å²) in [6, 6.07) is 18.7. The lowest BCUT2D eigenvalue weighted by atomic mass is 9.87. The Bertz CT molecular complexity index is 1250. The Morgan fingerprint density at radius 3 is 2.09 bits per heavy atom. The average Bonchev–Trinajstić information content (AvgIpc) is 2.83. The zero-order chi connectivity index (χ0) is 24.9. The van der Waals surface area contributed by atoms with Crippen molar-refractivity contribution in [2.75, 3.05) is 19.5 Å². The van der Waals surface area contributed by atoms with Gasteiger partial charge in [0.2, 0.25) is 10.0 Å². The topological polar surface area (TPSA) is 93.7 Å². The van der Waals surface area contributed by atoms with E-state index in [1.54, 1.807) is 61.7 Å². The molecule has 0 heterocycles. The fraction of sp³-hybridized carbons (Fsp3) is 0.269. The zero-order valence-corrected chi connectivity index (χ0v) is 20.8. The lowest BCUT2D eigenvalue weighted by Crippen LogP contribution is -2.23. The van der Waals surface area contributed by atoms with E-state index in [-0.39, 0.29) is 22.8 Å². The molecule has 0 saturated carbocycles. The monoisotopic (exact) mass is 482 g/mol. The number of amides is 1. The van der Waals surface area contributed by atoms with E-state index in [9.17, 15) is 13.2 Å². The minimum absolute atomic E-state index is 0.0533. The van der Waals surface area contributed by atoms with E-state index in [2.05, 4.69) is 30.8 Å². The normalized spacial score (nSPS) is 11.7. The average molecular weight is 483 g/mol. The van der Waals surface area contributed by atoms with Gasteiger partial charge in [-0.3, -0.25) is 4.79 Å². The number of hydrogen-bond acceptors (Lipinski definition) is 5. The van der Waals surface area contributed by atoms with E-state index >= 15 is 0 Å². The molecule has 3 aromatic rings. The van der Waals surface area contributed by atoms with Crippen molar-refractivity contribution in [1.29, 1.82) is 0 Å². The fourth-order valence-corrected chi connectivity index (χ4v) is 4.28. The molecule has 0 aliphatic heterocycles. The van der Waals surface area contributed by atoms with Crippen molar-refractivity contribution in [3.8, 4) is 11.5 Å². The number of benzene rings is 3. The van der Waals surface area contributed by atoms with E-state index in [1.807, 2.05) is 12.1 Å². The molecule has 0 aliphatic rings. The summed E-state index contributed by atoms with van der Waals surface area (Å²) in [4.78, 5) is 12.9. The lowest BCUT2D eigenvalue weighted by Gasteiger charge is -2.19. The van der Waals surface area contributed by atoms with Gasteiger partial charge < -0.3 is 14.8 Å². The van der Waals surface area contributed by atoms with E-state index in [4.69, 9.17) is 9.47 Å². The van der Waals surface area contributed by atoms with Crippen LogP contribution in [0.4, 0.5) is 5.69 Å². The number of nitrogens with one attached hydrogen (secondary N) is 2. The van der Waals surface area contributed by atoms with Crippen molar-refractivity contribution in [2.24, 2.45) is 0 Å². The van der Waals surface area contributed by atoms with E-state index < -0.39 is 10.0 Å². The Hall–Kier alpha value is -3.36. The third kappa shape index (κ3) is 6.15. The highest BCUT2D eigenvalue weighted by Gasteiger charge is 2.18. The summed E-state index contributed by atoms with van der Waals surface area (Å²) in [5, 5.41) is 2.81. The Morgan fingerprint density at radius 1 is 0.882 bits per heavy atom. The van der Waals surface area contributed by atoms with Crippen LogP contribution in [0.1, 0.15) is 42.3 Å². The standard InChI is InChI=1S/C26H30N2O5S/c1-26(2,3)20-10-13-22(14-11-20)34(30,31)27-17-18-6-8-19(9-7-18)25(29)28-23-15-12-21(32-4)16-24(23)33-5/h6-16,27H,17H2,1-5H3,(H,28,29). The van der Waals surface area contributed by atoms with E-state index in [0.717, 1.165) is 11.1 Å². The zero-order valence-electron chi connectivity index (χ0n) is 20.0. The van der Waals surface area contributed by atoms with Gasteiger partial charge in [0.25, 0.3) is 5.91 Å². The molecule has 3 aromatic carbocycles. The molecule has 0 atom stereocenters. The summed E-state index contributed by atoms with van der Waals surface area (Å²) < 4.78 is 38.4. The molecule has 0 aliphatic carbocycles. The van der Waals surface area contributed by atoms with Crippen LogP contribution < -0.4 is 19.5 Å². The first-order valence-electron chi connectivity index (χ1n) is 10.8. The van der Waals surface area contributed by atoms with Crippen molar-refractivity contribution in [3.05, 3.63) is 83.4 Å². The molecule has 0 spiro atoms. The van der Waals surface area contributed by atoms with Crippen molar-refractivity contribution in [2.45, 2.75) is 37.6 Å². The number of methoxy groups -OCH3 is 2. The van der Waals surface area contributed by atoms with Gasteiger partial charge in [-0.05, 0) is 52.9 Å². The molecule has 1 amide bonds. The maximum atomic E-state index is 12.7. The number of rotatable bonds is 8. The van der Waals surface area contributed by atoms with Crippen molar-refractivity contribution >= 4 is 21.6 Å². The smallest absolute Gasteiger partial charge is 0.255 e. The molecular formula is C26H30N2O5S. The SMILES string of the molecule is COc1ccc(NC(=O)c2ccc(CNS(=O)(=O)c3ccc(C(C)(C)C)cc3)cc2)c(OC)c1. The van der Waals surface area contributed by atoms with E-state index in [1.165, 1.54) is 7.11 Å². The Kier molecular flexibility index (Phi) is 7.64. The highest BCUT2D eigenvalue weighted by Crippen LogP contribution is 2.29. The summed E-state index contributed by atoms with van der Waals surface area (Å²) in [5.41, 5.74) is 2.69. The van der Waals surface area contributed by atoms with Crippen molar-refractivity contribution in [1.82, 2.24) is 4.72 Å². The van der Waals surface area contributed by atoms with Crippen LogP contribution in [0.3, 0.4) is 0 Å². The second-order valence-corrected chi connectivity index (χ2v) is 10.6. The Morgan fingerprint density at radius 2 is 1.53 bits per heavy atom. The fourth-order valence-electron chi connectivity index (χ4n) is 3.27. The van der Waals surface area contributed by atoms with Gasteiger partial charge in [-0.25, -0.2) is 13.1 Å². The van der Waals surface area contributed by atoms with Gasteiger partial charge in [-0.15, -0.1) is 0 Å². The molecule has 0 radical (unpaired) electrons. The number of ether oxygens (including phenoxy) is 2. The molecule has 0 aromatic heterocycles. The third-order valence-corrected chi connectivity index (χ3v) is 6.79. The van der Waals surface area contributed by atoms with Crippen LogP contribution >= 0.6 is 0 Å². The van der Waals surface area contributed by atoms with Crippen LogP contribution in [0.5, 0.6) is 11.5 Å². The molecule has 2 N–H and O–H groups in total. The predicted octanol–water partition coefficient (Wildman–Crippen LogP) is 4.73. The molecule has 0 fully saturated rings. The van der Waals surface area contributed by atoms with Gasteiger partial charge >= 0.3 is 0 Å². The van der Waals surface area contributed by atoms with Crippen molar-refractivity contribution in [3.63, 3.8) is 0 Å². The highest BCUT2D eigenvalue weighted by molar-refractivity contribution is 7.89. The van der Waals surface area contributed by atoms with Crippen LogP contribution in [0.2, 0.25) is 0 Å². The van der Waals surface area contributed by atoms with Gasteiger partial charge in [0.15, 0.2) is 0 Å². The molecule has 0 saturated heterocycles. The molecule has 8 heteroatoms. The second-order valence-electron chi connectivity index (χ2n) is 8.82. The van der Waals surface area contributed by atoms with Gasteiger partial charge in [-0.1, -0.05) is 45.0 Å². The maximum Gasteiger partial charge on any atom is 0.255 e. The molecule has 0 bridgehead atoms. The summed E-state index contributed by atoms with van der Waals surface area (Å²) in [6.07, 6.45) is 0. The first kappa shape index (κ1) is 25.3. The first-order valence-corrected chi connectivity index (χ1v) is 12.2. The summed E-state index contributed by atoms with van der Waals surface area (Å²) >= 11 is 0. The molecular weight excluding hydrogens is 452 g/mol. The highest BCUT2D eigenvalue weighted by atomic mass is 32.2. The second kappa shape index (κ2) is 10.3.